The fraction of sp³-hybridized carbons (Fsp3) is 0.500. The van der Waals surface area contributed by atoms with E-state index in [-0.39, 0.29) is 12.1 Å². The summed E-state index contributed by atoms with van der Waals surface area (Å²) in [6.45, 7) is 8.30. The average molecular weight is 565 g/mol. The molecule has 0 saturated carbocycles. The van der Waals surface area contributed by atoms with Crippen LogP contribution in [0.25, 0.3) is 10.6 Å². The lowest BCUT2D eigenvalue weighted by Crippen LogP contribution is -2.65. The van der Waals surface area contributed by atoms with E-state index in [9.17, 15) is 4.79 Å². The van der Waals surface area contributed by atoms with Crippen LogP contribution in [0.5, 0.6) is 0 Å². The number of aromatic nitrogens is 1. The van der Waals surface area contributed by atoms with Crippen molar-refractivity contribution in [3.63, 3.8) is 0 Å². The number of likely N-dealkylation sites (tertiary alicyclic amines) is 1. The Morgan fingerprint density at radius 3 is 2.51 bits per heavy atom. The second kappa shape index (κ2) is 11.3. The fourth-order valence-corrected chi connectivity index (χ4v) is 7.94. The number of rotatable bonds is 8. The molecular weight excluding hydrogens is 526 g/mol. The maximum atomic E-state index is 14.1. The molecule has 5 nitrogen and oxygen atoms in total. The smallest absolute Gasteiger partial charge is 0.331 e. The fourth-order valence-electron chi connectivity index (χ4n) is 6.95. The number of quaternary nitrogens is 1. The zero-order valence-corrected chi connectivity index (χ0v) is 24.4. The molecule has 7 heteroatoms. The van der Waals surface area contributed by atoms with E-state index >= 15 is 0 Å². The molecule has 0 aliphatic carbocycles. The van der Waals surface area contributed by atoms with Gasteiger partial charge in [0.2, 0.25) is 0 Å². The van der Waals surface area contributed by atoms with Gasteiger partial charge in [0.05, 0.1) is 25.3 Å². The predicted octanol–water partition coefficient (Wildman–Crippen LogP) is 6.56. The van der Waals surface area contributed by atoms with Gasteiger partial charge in [-0.15, -0.1) is 11.3 Å². The SMILES string of the molecule is C[C@@](C(=O)O[C@H]1C[N+]2(CCc3csc(-c4ccc(Cl)cc4)n3)CCC1CC2)(c1ccccc1)N1CCCCC1. The molecule has 2 bridgehead atoms. The van der Waals surface area contributed by atoms with Crippen LogP contribution in [0.3, 0.4) is 0 Å². The van der Waals surface area contributed by atoms with E-state index in [1.54, 1.807) is 11.3 Å². The first kappa shape index (κ1) is 26.9. The lowest BCUT2D eigenvalue weighted by molar-refractivity contribution is -0.946. The molecule has 5 heterocycles. The lowest BCUT2D eigenvalue weighted by atomic mass is 9.82. The normalized spacial score (nSPS) is 26.7. The Morgan fingerprint density at radius 1 is 1.08 bits per heavy atom. The van der Waals surface area contributed by atoms with E-state index < -0.39 is 5.54 Å². The summed E-state index contributed by atoms with van der Waals surface area (Å²) >= 11 is 7.76. The largest absolute Gasteiger partial charge is 0.454 e. The number of thiazole rings is 1. The Bertz CT molecular complexity index is 1270. The van der Waals surface area contributed by atoms with Crippen molar-refractivity contribution in [2.24, 2.45) is 5.92 Å². The molecule has 0 radical (unpaired) electrons. The second-order valence-corrected chi connectivity index (χ2v) is 13.2. The van der Waals surface area contributed by atoms with Gasteiger partial charge < -0.3 is 9.22 Å². The average Bonchev–Trinajstić information content (AvgIpc) is 3.47. The number of esters is 1. The molecule has 0 unspecified atom stereocenters. The first-order valence-corrected chi connectivity index (χ1v) is 15.8. The number of fused-ring (bicyclic) bond motifs is 3. The van der Waals surface area contributed by atoms with Crippen LogP contribution in [0, 0.1) is 5.92 Å². The number of piperidine rings is 4. The maximum Gasteiger partial charge on any atom is 0.331 e. The quantitative estimate of drug-likeness (QED) is 0.229. The Morgan fingerprint density at radius 2 is 1.79 bits per heavy atom. The number of benzene rings is 2. The van der Waals surface area contributed by atoms with E-state index in [1.165, 1.54) is 19.5 Å². The Balaban J connectivity index is 1.14. The Labute approximate surface area is 241 Å². The third-order valence-corrected chi connectivity index (χ3v) is 10.7. The van der Waals surface area contributed by atoms with Crippen molar-refractivity contribution in [3.8, 4) is 10.6 Å². The Kier molecular flexibility index (Phi) is 7.82. The molecule has 4 saturated heterocycles. The van der Waals surface area contributed by atoms with Crippen LogP contribution in [-0.2, 0) is 21.5 Å². The van der Waals surface area contributed by atoms with Gasteiger partial charge in [-0.3, -0.25) is 4.90 Å². The summed E-state index contributed by atoms with van der Waals surface area (Å²) in [7, 11) is 0. The van der Waals surface area contributed by atoms with Crippen LogP contribution >= 0.6 is 22.9 Å². The molecule has 2 atom stereocenters. The summed E-state index contributed by atoms with van der Waals surface area (Å²) in [4.78, 5) is 21.4. The molecule has 4 aliphatic rings. The van der Waals surface area contributed by atoms with Crippen molar-refractivity contribution in [1.29, 1.82) is 0 Å². The van der Waals surface area contributed by atoms with Crippen molar-refractivity contribution in [3.05, 3.63) is 76.3 Å². The second-order valence-electron chi connectivity index (χ2n) is 11.9. The van der Waals surface area contributed by atoms with Crippen molar-refractivity contribution in [2.75, 3.05) is 39.3 Å². The molecule has 1 aromatic heterocycles. The molecule has 0 spiro atoms. The molecule has 2 aromatic carbocycles. The summed E-state index contributed by atoms with van der Waals surface area (Å²) < 4.78 is 7.56. The van der Waals surface area contributed by atoms with Crippen LogP contribution < -0.4 is 0 Å². The number of ether oxygens (including phenoxy) is 1. The van der Waals surface area contributed by atoms with Gasteiger partial charge >= 0.3 is 5.97 Å². The molecule has 0 N–H and O–H groups in total. The number of carbonyl (C=O) groups excluding carboxylic acids is 1. The number of halogens is 1. The van der Waals surface area contributed by atoms with Crippen molar-refractivity contribution in [2.45, 2.75) is 57.1 Å². The summed E-state index contributed by atoms with van der Waals surface area (Å²) in [5.74, 6) is 0.408. The highest BCUT2D eigenvalue weighted by atomic mass is 35.5. The van der Waals surface area contributed by atoms with Crippen molar-refractivity contribution < 1.29 is 14.0 Å². The molecule has 4 aliphatic heterocycles. The lowest BCUT2D eigenvalue weighted by Gasteiger charge is -2.52. The highest BCUT2D eigenvalue weighted by Crippen LogP contribution is 2.39. The van der Waals surface area contributed by atoms with E-state index in [1.807, 2.05) is 42.5 Å². The summed E-state index contributed by atoms with van der Waals surface area (Å²) in [6.07, 6.45) is 6.73. The topological polar surface area (TPSA) is 42.4 Å². The van der Waals surface area contributed by atoms with Gasteiger partial charge in [0.25, 0.3) is 0 Å². The first-order valence-electron chi connectivity index (χ1n) is 14.5. The van der Waals surface area contributed by atoms with E-state index in [0.717, 1.165) is 89.6 Å². The van der Waals surface area contributed by atoms with Gasteiger partial charge in [0.1, 0.15) is 17.1 Å². The van der Waals surface area contributed by atoms with Crippen LogP contribution in [0.4, 0.5) is 0 Å². The van der Waals surface area contributed by atoms with Gasteiger partial charge in [-0.25, -0.2) is 9.78 Å². The maximum absolute atomic E-state index is 14.1. The van der Waals surface area contributed by atoms with Gasteiger partial charge in [-0.2, -0.15) is 0 Å². The summed E-state index contributed by atoms with van der Waals surface area (Å²) in [5, 5.41) is 3.99. The molecule has 39 heavy (non-hydrogen) atoms. The summed E-state index contributed by atoms with van der Waals surface area (Å²) in [6, 6.07) is 18.2. The number of hydrogen-bond acceptors (Lipinski definition) is 5. The minimum Gasteiger partial charge on any atom is -0.454 e. The number of hydrogen-bond donors (Lipinski definition) is 0. The molecule has 0 amide bonds. The zero-order valence-electron chi connectivity index (χ0n) is 22.9. The summed E-state index contributed by atoms with van der Waals surface area (Å²) in [5.41, 5.74) is 2.57. The van der Waals surface area contributed by atoms with Gasteiger partial charge in [-0.05, 0) is 50.6 Å². The molecule has 4 fully saturated rings. The molecule has 3 aromatic rings. The van der Waals surface area contributed by atoms with Crippen molar-refractivity contribution in [1.82, 2.24) is 9.88 Å². The predicted molar refractivity (Wildman–Crippen MR) is 158 cm³/mol. The third-order valence-electron chi connectivity index (χ3n) is 9.51. The highest BCUT2D eigenvalue weighted by molar-refractivity contribution is 7.13. The third kappa shape index (κ3) is 5.54. The Hall–Kier alpha value is -2.25. The van der Waals surface area contributed by atoms with Gasteiger partial charge in [0, 0.05) is 41.1 Å². The van der Waals surface area contributed by atoms with Crippen LogP contribution in [0.15, 0.2) is 60.0 Å². The van der Waals surface area contributed by atoms with Crippen LogP contribution in [0.1, 0.15) is 50.3 Å². The van der Waals surface area contributed by atoms with E-state index in [0.29, 0.717) is 5.92 Å². The van der Waals surface area contributed by atoms with Crippen LogP contribution in [-0.4, -0.2) is 65.7 Å². The highest BCUT2D eigenvalue weighted by Gasteiger charge is 2.50. The first-order chi connectivity index (χ1) is 19.0. The standard InChI is InChI=1S/C32H39ClN3O2S/c1-32(26-8-4-2-5-9-26,35-17-6-3-7-18-35)31(37)38-29-22-36(19-14-24(29)15-20-36)21-16-28-23-39-30(34-28)25-10-12-27(33)13-11-25/h2,4-5,8-13,23-24,29H,3,6-7,14-22H2,1H3/q+1/t24?,29-,32-,36?/m0/s1. The minimum atomic E-state index is -0.739. The monoisotopic (exact) mass is 564 g/mol. The molecule has 7 rings (SSSR count). The van der Waals surface area contributed by atoms with Gasteiger partial charge in [0.15, 0.2) is 6.10 Å². The zero-order chi connectivity index (χ0) is 26.9. The van der Waals surface area contributed by atoms with E-state index in [4.69, 9.17) is 21.3 Å². The van der Waals surface area contributed by atoms with E-state index in [2.05, 4.69) is 29.3 Å². The molecular formula is C32H39ClN3O2S+. The molecule has 206 valence electrons. The number of carbonyl (C=O) groups is 1. The van der Waals surface area contributed by atoms with Crippen LogP contribution in [0.2, 0.25) is 5.02 Å². The minimum absolute atomic E-state index is 0.00658. The van der Waals surface area contributed by atoms with Gasteiger partial charge in [-0.1, -0.05) is 60.5 Å². The number of nitrogens with zero attached hydrogens (tertiary/aromatic N) is 3. The van der Waals surface area contributed by atoms with Crippen molar-refractivity contribution >= 4 is 28.9 Å².